The highest BCUT2D eigenvalue weighted by Crippen LogP contribution is 2.26. The molecule has 2 aromatic heterocycles. The number of para-hydroxylation sites is 1. The molecule has 0 spiro atoms. The molecule has 3 aromatic rings. The summed E-state index contributed by atoms with van der Waals surface area (Å²) in [6.45, 7) is 1.45. The zero-order chi connectivity index (χ0) is 24.5. The molecule has 0 radical (unpaired) electrons. The summed E-state index contributed by atoms with van der Waals surface area (Å²) >= 11 is 0. The number of fused-ring (bicyclic) bond motifs is 3. The van der Waals surface area contributed by atoms with E-state index in [1.165, 1.54) is 0 Å². The number of carboxylic acids is 1. The van der Waals surface area contributed by atoms with Crippen LogP contribution >= 0.6 is 0 Å². The second-order valence-corrected chi connectivity index (χ2v) is 8.34. The summed E-state index contributed by atoms with van der Waals surface area (Å²) in [5, 5.41) is 19.2. The van der Waals surface area contributed by atoms with Gasteiger partial charge in [0.2, 0.25) is 0 Å². The molecule has 34 heavy (non-hydrogen) atoms. The molecule has 0 saturated carbocycles. The van der Waals surface area contributed by atoms with Gasteiger partial charge in [-0.2, -0.15) is 18.3 Å². The molecular formula is C22H24F3N5O4. The van der Waals surface area contributed by atoms with Crippen molar-refractivity contribution in [3.05, 3.63) is 48.4 Å². The molecule has 4 heterocycles. The highest BCUT2D eigenvalue weighted by Gasteiger charge is 2.38. The average Bonchev–Trinajstić information content (AvgIpc) is 3.37. The van der Waals surface area contributed by atoms with Crippen LogP contribution in [0.5, 0.6) is 0 Å². The Kier molecular flexibility index (Phi) is 6.62. The summed E-state index contributed by atoms with van der Waals surface area (Å²) in [5.74, 6) is -2.77. The van der Waals surface area contributed by atoms with E-state index < -0.39 is 12.1 Å². The van der Waals surface area contributed by atoms with Gasteiger partial charge in [0, 0.05) is 43.0 Å². The fourth-order valence-electron chi connectivity index (χ4n) is 4.33. The topological polar surface area (TPSA) is 110 Å². The summed E-state index contributed by atoms with van der Waals surface area (Å²) in [6, 6.07) is 8.84. The Bertz CT molecular complexity index is 1180. The van der Waals surface area contributed by atoms with Crippen LogP contribution < -0.4 is 10.6 Å². The van der Waals surface area contributed by atoms with Crippen molar-refractivity contribution < 1.29 is 32.6 Å². The maximum absolute atomic E-state index is 13.1. The Balaban J connectivity index is 0.000000344. The molecule has 9 nitrogen and oxygen atoms in total. The summed E-state index contributed by atoms with van der Waals surface area (Å²) < 4.78 is 41.1. The number of carboxylic acid groups (broad SMARTS) is 1. The van der Waals surface area contributed by atoms with Gasteiger partial charge in [0.25, 0.3) is 5.91 Å². The molecule has 3 atom stereocenters. The molecule has 182 valence electrons. The number of aliphatic carboxylic acids is 1. The Hall–Kier alpha value is -3.38. The van der Waals surface area contributed by atoms with Crippen molar-refractivity contribution in [2.24, 2.45) is 7.05 Å². The highest BCUT2D eigenvalue weighted by molar-refractivity contribution is 6.07. The van der Waals surface area contributed by atoms with Crippen molar-refractivity contribution in [3.63, 3.8) is 0 Å². The predicted molar refractivity (Wildman–Crippen MR) is 116 cm³/mol. The number of aromatic nitrogens is 3. The first-order chi connectivity index (χ1) is 16.1. The molecule has 2 bridgehead atoms. The Labute approximate surface area is 192 Å². The molecule has 1 aromatic carbocycles. The third-order valence-corrected chi connectivity index (χ3v) is 5.75. The number of piperidine rings is 1. The summed E-state index contributed by atoms with van der Waals surface area (Å²) in [7, 11) is 1.89. The molecule has 2 aliphatic rings. The van der Waals surface area contributed by atoms with E-state index in [0.29, 0.717) is 17.6 Å². The first kappa shape index (κ1) is 23.8. The van der Waals surface area contributed by atoms with Crippen molar-refractivity contribution in [3.8, 4) is 5.69 Å². The fraction of sp³-hybridized carbons (Fsp3) is 0.409. The van der Waals surface area contributed by atoms with E-state index in [-0.39, 0.29) is 11.9 Å². The number of nitrogens with zero attached hydrogens (tertiary/aromatic N) is 3. The number of aryl methyl sites for hydroxylation is 1. The number of alkyl halides is 3. The van der Waals surface area contributed by atoms with E-state index in [1.54, 1.807) is 4.68 Å². The smallest absolute Gasteiger partial charge is 0.475 e. The summed E-state index contributed by atoms with van der Waals surface area (Å²) in [5.41, 5.74) is 2.65. The highest BCUT2D eigenvalue weighted by atomic mass is 19.4. The van der Waals surface area contributed by atoms with Crippen LogP contribution in [0.15, 0.2) is 42.9 Å². The van der Waals surface area contributed by atoms with Crippen LogP contribution in [0.25, 0.3) is 16.6 Å². The second kappa shape index (κ2) is 9.47. The molecule has 2 saturated heterocycles. The molecule has 1 amide bonds. The van der Waals surface area contributed by atoms with E-state index in [2.05, 4.69) is 15.7 Å². The fourth-order valence-corrected chi connectivity index (χ4v) is 4.33. The number of rotatable bonds is 3. The van der Waals surface area contributed by atoms with Crippen molar-refractivity contribution in [2.45, 2.75) is 37.1 Å². The molecule has 2 fully saturated rings. The van der Waals surface area contributed by atoms with E-state index >= 15 is 0 Å². The molecular weight excluding hydrogens is 455 g/mol. The number of hydrogen-bond donors (Lipinski definition) is 3. The van der Waals surface area contributed by atoms with Crippen LogP contribution in [0.4, 0.5) is 13.2 Å². The van der Waals surface area contributed by atoms with Crippen molar-refractivity contribution in [2.75, 3.05) is 13.2 Å². The molecule has 0 aliphatic carbocycles. The normalized spacial score (nSPS) is 22.1. The predicted octanol–water partition coefficient (Wildman–Crippen LogP) is 2.25. The summed E-state index contributed by atoms with van der Waals surface area (Å²) in [4.78, 5) is 22.0. The number of hydrogen-bond acceptors (Lipinski definition) is 5. The number of carbonyl (C=O) groups is 2. The number of carbonyl (C=O) groups excluding carboxylic acids is 1. The van der Waals surface area contributed by atoms with Gasteiger partial charge in [0.1, 0.15) is 0 Å². The zero-order valence-electron chi connectivity index (χ0n) is 18.2. The minimum atomic E-state index is -5.08. The molecule has 2 aliphatic heterocycles. The lowest BCUT2D eigenvalue weighted by Gasteiger charge is -2.40. The SMILES string of the molecule is Cn1cc(-n2cc(C(=O)N[C@H]3C[C@H]4COC[C@@H](C3)N4)c3ccccc32)cn1.O=C(O)C(F)(F)F. The van der Waals surface area contributed by atoms with Gasteiger partial charge >= 0.3 is 12.1 Å². The maximum atomic E-state index is 13.1. The molecule has 5 rings (SSSR count). The van der Waals surface area contributed by atoms with Crippen LogP contribution in [0.3, 0.4) is 0 Å². The Morgan fingerprint density at radius 3 is 2.41 bits per heavy atom. The van der Waals surface area contributed by atoms with Crippen LogP contribution in [0.1, 0.15) is 23.2 Å². The number of nitrogens with one attached hydrogen (secondary N) is 2. The maximum Gasteiger partial charge on any atom is 0.490 e. The average molecular weight is 479 g/mol. The Morgan fingerprint density at radius 2 is 1.82 bits per heavy atom. The van der Waals surface area contributed by atoms with Gasteiger partial charge < -0.3 is 25.0 Å². The summed E-state index contributed by atoms with van der Waals surface area (Å²) in [6.07, 6.45) is 2.40. The van der Waals surface area contributed by atoms with Gasteiger partial charge in [0.05, 0.1) is 36.2 Å². The minimum absolute atomic E-state index is 0.0141. The van der Waals surface area contributed by atoms with Gasteiger partial charge in [-0.25, -0.2) is 4.79 Å². The minimum Gasteiger partial charge on any atom is -0.475 e. The molecule has 0 unspecified atom stereocenters. The van der Waals surface area contributed by atoms with Gasteiger partial charge in [-0.3, -0.25) is 9.48 Å². The monoisotopic (exact) mass is 479 g/mol. The number of benzene rings is 1. The Morgan fingerprint density at radius 1 is 1.18 bits per heavy atom. The van der Waals surface area contributed by atoms with Crippen LogP contribution in [0, 0.1) is 0 Å². The molecule has 3 N–H and O–H groups in total. The number of amides is 1. The van der Waals surface area contributed by atoms with Gasteiger partial charge in [-0.1, -0.05) is 18.2 Å². The second-order valence-electron chi connectivity index (χ2n) is 8.34. The quantitative estimate of drug-likeness (QED) is 0.532. The lowest BCUT2D eigenvalue weighted by Crippen LogP contribution is -2.58. The zero-order valence-corrected chi connectivity index (χ0v) is 18.2. The number of ether oxygens (including phenoxy) is 1. The first-order valence-corrected chi connectivity index (χ1v) is 10.7. The van der Waals surface area contributed by atoms with E-state index in [1.807, 2.05) is 54.5 Å². The lowest BCUT2D eigenvalue weighted by atomic mass is 9.92. The van der Waals surface area contributed by atoms with Crippen molar-refractivity contribution in [1.82, 2.24) is 25.0 Å². The van der Waals surface area contributed by atoms with Crippen molar-refractivity contribution in [1.29, 1.82) is 0 Å². The number of halogens is 3. The van der Waals surface area contributed by atoms with Gasteiger partial charge in [-0.15, -0.1) is 0 Å². The van der Waals surface area contributed by atoms with E-state index in [9.17, 15) is 18.0 Å². The lowest BCUT2D eigenvalue weighted by molar-refractivity contribution is -0.192. The van der Waals surface area contributed by atoms with Crippen LogP contribution in [0.2, 0.25) is 0 Å². The third kappa shape index (κ3) is 5.23. The first-order valence-electron chi connectivity index (χ1n) is 10.7. The van der Waals surface area contributed by atoms with E-state index in [0.717, 1.165) is 42.6 Å². The van der Waals surface area contributed by atoms with Gasteiger partial charge in [0.15, 0.2) is 0 Å². The largest absolute Gasteiger partial charge is 0.490 e. The standard InChI is InChI=1S/C20H23N5O2.C2HF3O2/c1-24-9-16(8-21-24)25-10-18(17-4-2-3-5-19(17)25)20(26)23-13-6-14-11-27-12-15(7-13)22-14;3-2(4,5)1(6)7/h2-5,8-10,13-15,22H,6-7,11-12H2,1H3,(H,23,26);(H,6,7)/t13-,14-,15+;. The number of morpholine rings is 1. The van der Waals surface area contributed by atoms with Crippen LogP contribution in [-0.4, -0.2) is 68.8 Å². The van der Waals surface area contributed by atoms with E-state index in [4.69, 9.17) is 14.6 Å². The third-order valence-electron chi connectivity index (χ3n) is 5.75. The van der Waals surface area contributed by atoms with Gasteiger partial charge in [-0.05, 0) is 18.9 Å². The van der Waals surface area contributed by atoms with Crippen molar-refractivity contribution >= 4 is 22.8 Å². The molecule has 12 heteroatoms. The van der Waals surface area contributed by atoms with Crippen LogP contribution in [-0.2, 0) is 16.6 Å².